The summed E-state index contributed by atoms with van der Waals surface area (Å²) < 4.78 is 3.32. The first-order valence-corrected chi connectivity index (χ1v) is 5.57. The lowest BCUT2D eigenvalue weighted by molar-refractivity contribution is 0.670. The van der Waals surface area contributed by atoms with Gasteiger partial charge in [0.1, 0.15) is 0 Å². The lowest BCUT2D eigenvalue weighted by Crippen LogP contribution is -2.13. The molecule has 0 bridgehead atoms. The third-order valence-electron chi connectivity index (χ3n) is 0.828. The molecule has 1 aliphatic heterocycles. The van der Waals surface area contributed by atoms with Gasteiger partial charge in [-0.05, 0) is 36.4 Å². The minimum Gasteiger partial charge on any atom is -0.305 e. The minimum atomic E-state index is 1.31. The van der Waals surface area contributed by atoms with Crippen LogP contribution in [0.15, 0.2) is 10.4 Å². The van der Waals surface area contributed by atoms with Gasteiger partial charge in [-0.15, -0.1) is 15.6 Å². The van der Waals surface area contributed by atoms with Gasteiger partial charge in [-0.3, -0.25) is 0 Å². The van der Waals surface area contributed by atoms with Crippen LogP contribution in [0.1, 0.15) is 0 Å². The zero-order valence-corrected chi connectivity index (χ0v) is 7.70. The van der Waals surface area contributed by atoms with Crippen LogP contribution in [0.4, 0.5) is 0 Å². The number of nitrogens with zero attached hydrogens (tertiary/aromatic N) is 1. The van der Waals surface area contributed by atoms with Gasteiger partial charge in [0.05, 0.1) is 4.24 Å². The van der Waals surface area contributed by atoms with E-state index in [1.807, 2.05) is 16.3 Å². The average molecular weight is 180 g/mol. The first-order chi connectivity index (χ1) is 4.36. The van der Waals surface area contributed by atoms with Gasteiger partial charge in [-0.2, -0.15) is 0 Å². The minimum absolute atomic E-state index is 1.31. The van der Waals surface area contributed by atoms with Crippen LogP contribution in [0.5, 0.6) is 0 Å². The standard InChI is InChI=1S/C4H8N2S3/c1-7-4-3-5-6(8-2)9-4/h3,5H,1-2H3. The van der Waals surface area contributed by atoms with E-state index >= 15 is 0 Å². The third kappa shape index (κ3) is 2.00. The summed E-state index contributed by atoms with van der Waals surface area (Å²) in [5, 5.41) is 0. The maximum atomic E-state index is 3.08. The number of hydrogen-bond donors (Lipinski definition) is 1. The van der Waals surface area contributed by atoms with Gasteiger partial charge in [0.2, 0.25) is 0 Å². The third-order valence-corrected chi connectivity index (χ3v) is 3.75. The van der Waals surface area contributed by atoms with Crippen molar-refractivity contribution in [3.05, 3.63) is 10.4 Å². The summed E-state index contributed by atoms with van der Waals surface area (Å²) in [6.45, 7) is 0. The molecule has 1 rings (SSSR count). The van der Waals surface area contributed by atoms with Gasteiger partial charge in [-0.1, -0.05) is 0 Å². The normalized spacial score (nSPS) is 19.6. The summed E-state index contributed by atoms with van der Waals surface area (Å²) in [6, 6.07) is 0. The van der Waals surface area contributed by atoms with Crippen LogP contribution in [0.3, 0.4) is 0 Å². The molecular weight excluding hydrogens is 172 g/mol. The van der Waals surface area contributed by atoms with Gasteiger partial charge in [0, 0.05) is 6.20 Å². The molecule has 0 saturated heterocycles. The molecule has 0 aliphatic carbocycles. The van der Waals surface area contributed by atoms with Crippen molar-refractivity contribution in [2.75, 3.05) is 12.5 Å². The van der Waals surface area contributed by atoms with Crippen molar-refractivity contribution in [3.8, 4) is 0 Å². The maximum absolute atomic E-state index is 3.08. The van der Waals surface area contributed by atoms with Gasteiger partial charge < -0.3 is 5.43 Å². The highest BCUT2D eigenvalue weighted by atomic mass is 32.2. The van der Waals surface area contributed by atoms with Crippen molar-refractivity contribution < 1.29 is 0 Å². The summed E-state index contributed by atoms with van der Waals surface area (Å²) in [7, 11) is 0. The lowest BCUT2D eigenvalue weighted by atomic mass is 11.1. The number of nitrogens with one attached hydrogen (secondary N) is 1. The van der Waals surface area contributed by atoms with Crippen molar-refractivity contribution in [1.82, 2.24) is 9.25 Å². The van der Waals surface area contributed by atoms with E-state index in [4.69, 9.17) is 0 Å². The van der Waals surface area contributed by atoms with Gasteiger partial charge in [0.25, 0.3) is 0 Å². The number of hydrazine groups is 1. The Balaban J connectivity index is 2.31. The molecule has 0 atom stereocenters. The molecule has 0 radical (unpaired) electrons. The molecular formula is C4H8N2S3. The molecule has 1 N–H and O–H groups in total. The Labute approximate surface area is 68.1 Å². The maximum Gasteiger partial charge on any atom is 0.0754 e. The molecule has 9 heavy (non-hydrogen) atoms. The van der Waals surface area contributed by atoms with Crippen molar-refractivity contribution in [1.29, 1.82) is 0 Å². The molecule has 0 aromatic rings. The highest BCUT2D eigenvalue weighted by Gasteiger charge is 2.11. The lowest BCUT2D eigenvalue weighted by Gasteiger charge is -2.08. The molecule has 0 spiro atoms. The number of thioether (sulfide) groups is 1. The summed E-state index contributed by atoms with van der Waals surface area (Å²) in [6.07, 6.45) is 6.12. The number of rotatable bonds is 2. The summed E-state index contributed by atoms with van der Waals surface area (Å²) in [5.41, 5.74) is 3.08. The Morgan fingerprint density at radius 1 is 1.67 bits per heavy atom. The quantitative estimate of drug-likeness (QED) is 0.651. The summed E-state index contributed by atoms with van der Waals surface area (Å²) >= 11 is 5.15. The Kier molecular flexibility index (Phi) is 3.11. The second kappa shape index (κ2) is 3.65. The van der Waals surface area contributed by atoms with Crippen LogP contribution >= 0.6 is 35.7 Å². The van der Waals surface area contributed by atoms with Crippen molar-refractivity contribution >= 4 is 35.7 Å². The smallest absolute Gasteiger partial charge is 0.0754 e. The second-order valence-corrected chi connectivity index (χ2v) is 4.38. The van der Waals surface area contributed by atoms with E-state index in [0.29, 0.717) is 0 Å². The first-order valence-electron chi connectivity index (χ1n) is 2.39. The van der Waals surface area contributed by atoms with Crippen molar-refractivity contribution in [2.24, 2.45) is 0 Å². The molecule has 0 saturated carbocycles. The Bertz CT molecular complexity index is 125. The molecule has 1 aliphatic rings. The van der Waals surface area contributed by atoms with Crippen molar-refractivity contribution in [2.45, 2.75) is 0 Å². The highest BCUT2D eigenvalue weighted by molar-refractivity contribution is 8.24. The first kappa shape index (κ1) is 7.65. The van der Waals surface area contributed by atoms with E-state index < -0.39 is 0 Å². The fourth-order valence-corrected chi connectivity index (χ4v) is 2.33. The van der Waals surface area contributed by atoms with E-state index in [-0.39, 0.29) is 0 Å². The molecule has 0 amide bonds. The summed E-state index contributed by atoms with van der Waals surface area (Å²) in [5.74, 6) is 0. The van der Waals surface area contributed by atoms with E-state index in [1.165, 1.54) is 4.24 Å². The topological polar surface area (TPSA) is 15.3 Å². The van der Waals surface area contributed by atoms with E-state index in [2.05, 4.69) is 11.7 Å². The van der Waals surface area contributed by atoms with Gasteiger partial charge >= 0.3 is 0 Å². The Hall–Kier alpha value is 0.550. The zero-order chi connectivity index (χ0) is 6.69. The predicted molar refractivity (Wildman–Crippen MR) is 47.7 cm³/mol. The monoisotopic (exact) mass is 180 g/mol. The van der Waals surface area contributed by atoms with Crippen LogP contribution < -0.4 is 5.43 Å². The second-order valence-electron chi connectivity index (χ2n) is 1.33. The van der Waals surface area contributed by atoms with Crippen LogP contribution in [0, 0.1) is 0 Å². The van der Waals surface area contributed by atoms with Crippen LogP contribution in [0.25, 0.3) is 0 Å². The van der Waals surface area contributed by atoms with Gasteiger partial charge in [-0.25, -0.2) is 0 Å². The van der Waals surface area contributed by atoms with Gasteiger partial charge in [0.15, 0.2) is 0 Å². The van der Waals surface area contributed by atoms with E-state index in [9.17, 15) is 0 Å². The largest absolute Gasteiger partial charge is 0.305 e. The molecule has 0 aromatic carbocycles. The fourth-order valence-electron chi connectivity index (χ4n) is 0.426. The Morgan fingerprint density at radius 3 is 2.78 bits per heavy atom. The van der Waals surface area contributed by atoms with Crippen LogP contribution in [0.2, 0.25) is 0 Å². The molecule has 1 heterocycles. The SMILES string of the molecule is CSC1=CNN(SC)S1. The van der Waals surface area contributed by atoms with E-state index in [1.54, 1.807) is 35.7 Å². The fraction of sp³-hybridized carbons (Fsp3) is 0.500. The number of hydrogen-bond acceptors (Lipinski definition) is 5. The van der Waals surface area contributed by atoms with Crippen LogP contribution in [-0.4, -0.2) is 16.3 Å². The molecule has 0 unspecified atom stereocenters. The molecule has 5 heteroatoms. The predicted octanol–water partition coefficient (Wildman–Crippen LogP) is 1.89. The van der Waals surface area contributed by atoms with Crippen LogP contribution in [-0.2, 0) is 0 Å². The van der Waals surface area contributed by atoms with E-state index in [0.717, 1.165) is 0 Å². The molecule has 2 nitrogen and oxygen atoms in total. The highest BCUT2D eigenvalue weighted by Crippen LogP contribution is 2.35. The van der Waals surface area contributed by atoms with Crippen molar-refractivity contribution in [3.63, 3.8) is 0 Å². The molecule has 0 aromatic heterocycles. The average Bonchev–Trinajstić information content (AvgIpc) is 2.34. The molecule has 52 valence electrons. The molecule has 0 fully saturated rings. The summed E-state index contributed by atoms with van der Waals surface area (Å²) in [4.78, 5) is 0. The zero-order valence-electron chi connectivity index (χ0n) is 5.25. The Morgan fingerprint density at radius 2 is 2.44 bits per heavy atom.